The van der Waals surface area contributed by atoms with Crippen molar-refractivity contribution < 1.29 is 0 Å². The van der Waals surface area contributed by atoms with Crippen molar-refractivity contribution in [1.29, 1.82) is 0 Å². The molecule has 1 unspecified atom stereocenters. The van der Waals surface area contributed by atoms with Gasteiger partial charge in [-0.05, 0) is 16.8 Å². The van der Waals surface area contributed by atoms with Gasteiger partial charge in [0.2, 0.25) is 0 Å². The van der Waals surface area contributed by atoms with Gasteiger partial charge in [-0.15, -0.1) is 0 Å². The number of unbranched alkanes of at least 4 members (excludes halogenated alkanes) is 10. The van der Waals surface area contributed by atoms with Gasteiger partial charge in [-0.3, -0.25) is 0 Å². The van der Waals surface area contributed by atoms with E-state index in [0.29, 0.717) is 0 Å². The summed E-state index contributed by atoms with van der Waals surface area (Å²) in [6, 6.07) is 0. The van der Waals surface area contributed by atoms with E-state index in [1.54, 1.807) is 0 Å². The molecule has 0 aromatic heterocycles. The summed E-state index contributed by atoms with van der Waals surface area (Å²) in [7, 11) is 0. The molecule has 0 saturated heterocycles. The van der Waals surface area contributed by atoms with E-state index in [-0.39, 0.29) is 0 Å². The molecule has 18 heavy (non-hydrogen) atoms. The molecule has 0 bridgehead atoms. The van der Waals surface area contributed by atoms with Gasteiger partial charge >= 0.3 is 0 Å². The van der Waals surface area contributed by atoms with E-state index in [0.717, 1.165) is 5.92 Å². The van der Waals surface area contributed by atoms with Crippen LogP contribution in [-0.4, -0.2) is 4.43 Å². The second-order valence-electron chi connectivity index (χ2n) is 5.88. The molecule has 0 aromatic carbocycles. The van der Waals surface area contributed by atoms with Crippen molar-refractivity contribution in [1.82, 2.24) is 0 Å². The van der Waals surface area contributed by atoms with E-state index in [9.17, 15) is 0 Å². The zero-order valence-electron chi connectivity index (χ0n) is 12.9. The second kappa shape index (κ2) is 15.8. The molecule has 0 fully saturated rings. The maximum absolute atomic E-state index is 2.48. The Labute approximate surface area is 130 Å². The van der Waals surface area contributed by atoms with Gasteiger partial charge in [0.1, 0.15) is 0 Å². The van der Waals surface area contributed by atoms with E-state index in [1.165, 1.54) is 87.9 Å². The van der Waals surface area contributed by atoms with Crippen molar-refractivity contribution in [3.63, 3.8) is 0 Å². The topological polar surface area (TPSA) is 0 Å². The largest absolute Gasteiger partial charge is 0.0864 e. The number of rotatable bonds is 14. The van der Waals surface area contributed by atoms with Crippen LogP contribution in [0.25, 0.3) is 0 Å². The van der Waals surface area contributed by atoms with Crippen LogP contribution in [0.2, 0.25) is 0 Å². The SMILES string of the molecule is CCC(C)CCCCCCCCCCCCCI. The molecule has 0 amide bonds. The van der Waals surface area contributed by atoms with E-state index in [1.807, 2.05) is 0 Å². The highest BCUT2D eigenvalue weighted by Gasteiger charge is 1.98. The Balaban J connectivity index is 2.94. The van der Waals surface area contributed by atoms with Crippen molar-refractivity contribution in [2.75, 3.05) is 4.43 Å². The molecule has 1 heteroatoms. The fourth-order valence-electron chi connectivity index (χ4n) is 2.38. The van der Waals surface area contributed by atoms with Gasteiger partial charge in [0.05, 0.1) is 0 Å². The minimum absolute atomic E-state index is 0.951. The summed E-state index contributed by atoms with van der Waals surface area (Å²) in [4.78, 5) is 0. The molecule has 0 aliphatic carbocycles. The van der Waals surface area contributed by atoms with Gasteiger partial charge in [-0.1, -0.05) is 113 Å². The Bertz CT molecular complexity index is 145. The van der Waals surface area contributed by atoms with Gasteiger partial charge in [0, 0.05) is 0 Å². The smallest absolute Gasteiger partial charge is 0.000473 e. The summed E-state index contributed by atoms with van der Waals surface area (Å²) in [5.74, 6) is 0.951. The van der Waals surface area contributed by atoms with Crippen LogP contribution < -0.4 is 0 Å². The lowest BCUT2D eigenvalue weighted by Gasteiger charge is -2.07. The van der Waals surface area contributed by atoms with Crippen molar-refractivity contribution in [2.24, 2.45) is 5.92 Å². The predicted molar refractivity (Wildman–Crippen MR) is 93.7 cm³/mol. The lowest BCUT2D eigenvalue weighted by atomic mass is 9.99. The zero-order valence-corrected chi connectivity index (χ0v) is 15.0. The van der Waals surface area contributed by atoms with E-state index >= 15 is 0 Å². The average molecular weight is 366 g/mol. The molecule has 1 atom stereocenters. The summed E-state index contributed by atoms with van der Waals surface area (Å²) in [6.07, 6.45) is 19.0. The van der Waals surface area contributed by atoms with Crippen LogP contribution in [-0.2, 0) is 0 Å². The molecule has 110 valence electrons. The molecule has 0 spiro atoms. The normalized spacial score (nSPS) is 12.8. The van der Waals surface area contributed by atoms with Crippen molar-refractivity contribution in [3.05, 3.63) is 0 Å². The lowest BCUT2D eigenvalue weighted by molar-refractivity contribution is 0.469. The van der Waals surface area contributed by atoms with Gasteiger partial charge in [-0.2, -0.15) is 0 Å². The maximum Gasteiger partial charge on any atom is -0.000473 e. The first kappa shape index (κ1) is 18.7. The molecule has 0 radical (unpaired) electrons. The Kier molecular flexibility index (Phi) is 16.4. The molecule has 0 rings (SSSR count). The first-order valence-electron chi connectivity index (χ1n) is 8.37. The maximum atomic E-state index is 2.48. The lowest BCUT2D eigenvalue weighted by Crippen LogP contribution is -1.91. The highest BCUT2D eigenvalue weighted by molar-refractivity contribution is 14.1. The van der Waals surface area contributed by atoms with Crippen LogP contribution in [0, 0.1) is 5.92 Å². The molecule has 0 aliphatic rings. The highest BCUT2D eigenvalue weighted by atomic mass is 127. The third kappa shape index (κ3) is 14.8. The standard InChI is InChI=1S/C17H35I/c1-3-17(2)15-13-11-9-7-5-4-6-8-10-12-14-16-18/h17H,3-16H2,1-2H3. The fraction of sp³-hybridized carbons (Fsp3) is 1.00. The Morgan fingerprint density at radius 3 is 1.44 bits per heavy atom. The first-order chi connectivity index (χ1) is 8.81. The van der Waals surface area contributed by atoms with E-state index in [4.69, 9.17) is 0 Å². The first-order valence-corrected chi connectivity index (χ1v) is 9.89. The minimum Gasteiger partial charge on any atom is -0.0864 e. The highest BCUT2D eigenvalue weighted by Crippen LogP contribution is 2.15. The predicted octanol–water partition coefficient (Wildman–Crippen LogP) is 7.15. The number of halogens is 1. The van der Waals surface area contributed by atoms with Crippen LogP contribution in [0.4, 0.5) is 0 Å². The number of hydrogen-bond donors (Lipinski definition) is 0. The average Bonchev–Trinajstić information content (AvgIpc) is 2.39. The van der Waals surface area contributed by atoms with Crippen molar-refractivity contribution in [2.45, 2.75) is 97.3 Å². The molecular weight excluding hydrogens is 331 g/mol. The summed E-state index contributed by atoms with van der Waals surface area (Å²) >= 11 is 2.48. The summed E-state index contributed by atoms with van der Waals surface area (Å²) in [6.45, 7) is 4.70. The summed E-state index contributed by atoms with van der Waals surface area (Å²) in [5.41, 5.74) is 0. The minimum atomic E-state index is 0.951. The van der Waals surface area contributed by atoms with Crippen LogP contribution in [0.1, 0.15) is 97.3 Å². The van der Waals surface area contributed by atoms with Crippen LogP contribution in [0.3, 0.4) is 0 Å². The van der Waals surface area contributed by atoms with Gasteiger partial charge in [0.25, 0.3) is 0 Å². The van der Waals surface area contributed by atoms with E-state index in [2.05, 4.69) is 36.4 Å². The third-order valence-corrected chi connectivity index (χ3v) is 4.79. The quantitative estimate of drug-likeness (QED) is 0.174. The molecule has 0 aromatic rings. The van der Waals surface area contributed by atoms with Crippen LogP contribution >= 0.6 is 22.6 Å². The van der Waals surface area contributed by atoms with Gasteiger partial charge in [0.15, 0.2) is 0 Å². The van der Waals surface area contributed by atoms with Crippen molar-refractivity contribution in [3.8, 4) is 0 Å². The Morgan fingerprint density at radius 1 is 0.667 bits per heavy atom. The Hall–Kier alpha value is 0.730. The van der Waals surface area contributed by atoms with Gasteiger partial charge in [-0.25, -0.2) is 0 Å². The summed E-state index contributed by atoms with van der Waals surface area (Å²) in [5, 5.41) is 0. The van der Waals surface area contributed by atoms with Crippen LogP contribution in [0.15, 0.2) is 0 Å². The number of hydrogen-bond acceptors (Lipinski definition) is 0. The second-order valence-corrected chi connectivity index (χ2v) is 6.96. The molecule has 0 saturated carbocycles. The monoisotopic (exact) mass is 366 g/mol. The third-order valence-electron chi connectivity index (χ3n) is 4.03. The molecule has 0 aliphatic heterocycles. The number of alkyl halides is 1. The fourth-order valence-corrected chi connectivity index (χ4v) is 2.92. The van der Waals surface area contributed by atoms with Crippen molar-refractivity contribution >= 4 is 22.6 Å². The summed E-state index contributed by atoms with van der Waals surface area (Å²) < 4.78 is 1.34. The molecule has 0 N–H and O–H groups in total. The van der Waals surface area contributed by atoms with E-state index < -0.39 is 0 Å². The molecular formula is C17H35I. The zero-order chi connectivity index (χ0) is 13.5. The molecule has 0 nitrogen and oxygen atoms in total. The Morgan fingerprint density at radius 2 is 1.06 bits per heavy atom. The van der Waals surface area contributed by atoms with Gasteiger partial charge < -0.3 is 0 Å². The van der Waals surface area contributed by atoms with Crippen LogP contribution in [0.5, 0.6) is 0 Å². The molecule has 0 heterocycles.